The van der Waals surface area contributed by atoms with Gasteiger partial charge in [-0.05, 0) is 31.5 Å². The zero-order valence-corrected chi connectivity index (χ0v) is 11.7. The number of aryl methyl sites for hydroxylation is 1. The summed E-state index contributed by atoms with van der Waals surface area (Å²) in [6, 6.07) is 10.8. The predicted molar refractivity (Wildman–Crippen MR) is 76.8 cm³/mol. The number of nitrogens with zero attached hydrogens (tertiary/aromatic N) is 1. The highest BCUT2D eigenvalue weighted by Crippen LogP contribution is 2.15. The SMILES string of the molecule is Cc1cccc(C(O)CNC(C)c2ccc(F)cn2)c1. The monoisotopic (exact) mass is 274 g/mol. The molecule has 0 aliphatic heterocycles. The third kappa shape index (κ3) is 3.85. The first-order valence-electron chi connectivity index (χ1n) is 6.65. The van der Waals surface area contributed by atoms with E-state index in [1.807, 2.05) is 38.1 Å². The Bertz CT molecular complexity index is 557. The van der Waals surface area contributed by atoms with Gasteiger partial charge in [0.1, 0.15) is 5.82 Å². The summed E-state index contributed by atoms with van der Waals surface area (Å²) in [6.07, 6.45) is 0.627. The highest BCUT2D eigenvalue weighted by atomic mass is 19.1. The molecule has 2 aromatic rings. The molecule has 0 aliphatic rings. The molecule has 0 radical (unpaired) electrons. The van der Waals surface area contributed by atoms with Crippen molar-refractivity contribution in [2.45, 2.75) is 26.0 Å². The number of aliphatic hydroxyl groups is 1. The Balaban J connectivity index is 1.93. The lowest BCUT2D eigenvalue weighted by Crippen LogP contribution is -2.25. The molecule has 1 aromatic heterocycles. The van der Waals surface area contributed by atoms with E-state index in [2.05, 4.69) is 10.3 Å². The minimum absolute atomic E-state index is 0.0462. The van der Waals surface area contributed by atoms with E-state index >= 15 is 0 Å². The van der Waals surface area contributed by atoms with E-state index in [1.165, 1.54) is 12.3 Å². The molecule has 2 unspecified atom stereocenters. The molecule has 1 heterocycles. The summed E-state index contributed by atoms with van der Waals surface area (Å²) in [5.41, 5.74) is 2.76. The quantitative estimate of drug-likeness (QED) is 0.881. The molecule has 0 amide bonds. The summed E-state index contributed by atoms with van der Waals surface area (Å²) in [6.45, 7) is 4.35. The van der Waals surface area contributed by atoms with Gasteiger partial charge < -0.3 is 10.4 Å². The molecule has 4 heteroatoms. The Kier molecular flexibility index (Phi) is 4.82. The molecule has 0 saturated carbocycles. The number of aromatic nitrogens is 1. The van der Waals surface area contributed by atoms with E-state index in [-0.39, 0.29) is 11.9 Å². The summed E-state index contributed by atoms with van der Waals surface area (Å²) in [5, 5.41) is 13.3. The van der Waals surface area contributed by atoms with Crippen LogP contribution in [0.2, 0.25) is 0 Å². The molecular weight excluding hydrogens is 255 g/mol. The van der Waals surface area contributed by atoms with Gasteiger partial charge in [-0.1, -0.05) is 29.8 Å². The Morgan fingerprint density at radius 1 is 1.30 bits per heavy atom. The molecule has 0 bridgehead atoms. The molecule has 3 nitrogen and oxygen atoms in total. The van der Waals surface area contributed by atoms with Crippen LogP contribution >= 0.6 is 0 Å². The second-order valence-corrected chi connectivity index (χ2v) is 4.96. The Hall–Kier alpha value is -1.78. The zero-order chi connectivity index (χ0) is 14.5. The fourth-order valence-corrected chi connectivity index (χ4v) is 2.03. The van der Waals surface area contributed by atoms with Crippen LogP contribution in [0.4, 0.5) is 4.39 Å². The number of hydrogen-bond acceptors (Lipinski definition) is 3. The van der Waals surface area contributed by atoms with Crippen LogP contribution in [0.5, 0.6) is 0 Å². The van der Waals surface area contributed by atoms with Gasteiger partial charge in [-0.2, -0.15) is 0 Å². The van der Waals surface area contributed by atoms with Crippen LogP contribution in [0, 0.1) is 12.7 Å². The van der Waals surface area contributed by atoms with Crippen molar-refractivity contribution in [1.29, 1.82) is 0 Å². The van der Waals surface area contributed by atoms with Gasteiger partial charge in [-0.15, -0.1) is 0 Å². The van der Waals surface area contributed by atoms with E-state index in [9.17, 15) is 9.50 Å². The van der Waals surface area contributed by atoms with Crippen LogP contribution in [0.15, 0.2) is 42.6 Å². The van der Waals surface area contributed by atoms with E-state index in [0.29, 0.717) is 6.54 Å². The third-order valence-corrected chi connectivity index (χ3v) is 3.24. The first-order chi connectivity index (χ1) is 9.56. The minimum Gasteiger partial charge on any atom is -0.387 e. The maximum atomic E-state index is 12.8. The highest BCUT2D eigenvalue weighted by Gasteiger charge is 2.11. The van der Waals surface area contributed by atoms with Crippen LogP contribution in [0.3, 0.4) is 0 Å². The second-order valence-electron chi connectivity index (χ2n) is 4.96. The number of pyridine rings is 1. The lowest BCUT2D eigenvalue weighted by molar-refractivity contribution is 0.170. The van der Waals surface area contributed by atoms with Gasteiger partial charge in [0.25, 0.3) is 0 Å². The van der Waals surface area contributed by atoms with Crippen LogP contribution in [-0.4, -0.2) is 16.6 Å². The molecular formula is C16H19FN2O. The van der Waals surface area contributed by atoms with Crippen molar-refractivity contribution in [1.82, 2.24) is 10.3 Å². The Morgan fingerprint density at radius 2 is 2.10 bits per heavy atom. The van der Waals surface area contributed by atoms with Gasteiger partial charge in [0, 0.05) is 12.6 Å². The second kappa shape index (κ2) is 6.59. The van der Waals surface area contributed by atoms with Gasteiger partial charge >= 0.3 is 0 Å². The standard InChI is InChI=1S/C16H19FN2O/c1-11-4-3-5-13(8-11)16(20)10-18-12(2)15-7-6-14(17)9-19-15/h3-9,12,16,18,20H,10H2,1-2H3. The van der Waals surface area contributed by atoms with Crippen molar-refractivity contribution < 1.29 is 9.50 Å². The first kappa shape index (κ1) is 14.6. The molecule has 0 fully saturated rings. The first-order valence-corrected chi connectivity index (χ1v) is 6.65. The number of nitrogens with one attached hydrogen (secondary N) is 1. The maximum Gasteiger partial charge on any atom is 0.141 e. The number of aliphatic hydroxyl groups excluding tert-OH is 1. The summed E-state index contributed by atoms with van der Waals surface area (Å²) in [4.78, 5) is 4.02. The molecule has 106 valence electrons. The van der Waals surface area contributed by atoms with E-state index < -0.39 is 6.10 Å². The van der Waals surface area contributed by atoms with Gasteiger partial charge in [-0.3, -0.25) is 4.98 Å². The molecule has 2 N–H and O–H groups in total. The molecule has 0 spiro atoms. The molecule has 2 atom stereocenters. The minimum atomic E-state index is -0.571. The summed E-state index contributed by atoms with van der Waals surface area (Å²) in [7, 11) is 0. The van der Waals surface area contributed by atoms with Crippen LogP contribution in [0.25, 0.3) is 0 Å². The van der Waals surface area contributed by atoms with E-state index in [1.54, 1.807) is 6.07 Å². The van der Waals surface area contributed by atoms with Crippen LogP contribution in [0.1, 0.15) is 35.9 Å². The molecule has 0 aliphatic carbocycles. The lowest BCUT2D eigenvalue weighted by atomic mass is 10.1. The number of halogens is 1. The Labute approximate surface area is 118 Å². The molecule has 1 aromatic carbocycles. The third-order valence-electron chi connectivity index (χ3n) is 3.24. The van der Waals surface area contributed by atoms with E-state index in [4.69, 9.17) is 0 Å². The average molecular weight is 274 g/mol. The zero-order valence-electron chi connectivity index (χ0n) is 11.7. The maximum absolute atomic E-state index is 12.8. The number of hydrogen-bond donors (Lipinski definition) is 2. The fraction of sp³-hybridized carbons (Fsp3) is 0.312. The predicted octanol–water partition coefficient (Wildman–Crippen LogP) is 2.91. The molecule has 20 heavy (non-hydrogen) atoms. The van der Waals surface area contributed by atoms with Crippen molar-refractivity contribution in [3.05, 3.63) is 65.2 Å². The average Bonchev–Trinajstić information content (AvgIpc) is 2.45. The van der Waals surface area contributed by atoms with Crippen LogP contribution < -0.4 is 5.32 Å². The summed E-state index contributed by atoms with van der Waals surface area (Å²) >= 11 is 0. The van der Waals surface area contributed by atoms with Gasteiger partial charge in [0.2, 0.25) is 0 Å². The lowest BCUT2D eigenvalue weighted by Gasteiger charge is -2.17. The Morgan fingerprint density at radius 3 is 2.75 bits per heavy atom. The van der Waals surface area contributed by atoms with Gasteiger partial charge in [0.15, 0.2) is 0 Å². The fourth-order valence-electron chi connectivity index (χ4n) is 2.03. The molecule has 2 rings (SSSR count). The molecule has 0 saturated heterocycles. The smallest absolute Gasteiger partial charge is 0.141 e. The number of benzene rings is 1. The normalized spacial score (nSPS) is 14.0. The summed E-state index contributed by atoms with van der Waals surface area (Å²) in [5.74, 6) is -0.347. The largest absolute Gasteiger partial charge is 0.387 e. The van der Waals surface area contributed by atoms with Crippen molar-refractivity contribution in [3.63, 3.8) is 0 Å². The van der Waals surface area contributed by atoms with Crippen molar-refractivity contribution in [2.24, 2.45) is 0 Å². The topological polar surface area (TPSA) is 45.1 Å². The van der Waals surface area contributed by atoms with Crippen molar-refractivity contribution in [2.75, 3.05) is 6.54 Å². The number of rotatable bonds is 5. The summed E-state index contributed by atoms with van der Waals surface area (Å²) < 4.78 is 12.8. The van der Waals surface area contributed by atoms with Crippen molar-refractivity contribution >= 4 is 0 Å². The van der Waals surface area contributed by atoms with Gasteiger partial charge in [0.05, 0.1) is 18.0 Å². The van der Waals surface area contributed by atoms with Crippen molar-refractivity contribution in [3.8, 4) is 0 Å². The highest BCUT2D eigenvalue weighted by molar-refractivity contribution is 5.24. The van der Waals surface area contributed by atoms with Gasteiger partial charge in [-0.25, -0.2) is 4.39 Å². The van der Waals surface area contributed by atoms with Crippen LogP contribution in [-0.2, 0) is 0 Å². The van der Waals surface area contributed by atoms with E-state index in [0.717, 1.165) is 16.8 Å².